The van der Waals surface area contributed by atoms with Crippen LogP contribution in [0.15, 0.2) is 53.4 Å². The Hall–Kier alpha value is -2.91. The van der Waals surface area contributed by atoms with Gasteiger partial charge >= 0.3 is 0 Å². The molecule has 0 radical (unpaired) electrons. The Kier molecular flexibility index (Phi) is 7.64. The molecular formula is C22H27N3O5S. The number of nitrogens with one attached hydrogen (secondary N) is 2. The smallest absolute Gasteiger partial charge is 0.276 e. The zero-order chi connectivity index (χ0) is 22.3. The van der Waals surface area contributed by atoms with Gasteiger partial charge in [-0.1, -0.05) is 31.0 Å². The molecule has 8 nitrogen and oxygen atoms in total. The molecule has 0 aliphatic carbocycles. The molecule has 0 bridgehead atoms. The van der Waals surface area contributed by atoms with Crippen LogP contribution in [0, 0.1) is 6.92 Å². The topological polar surface area (TPSA) is 105 Å². The lowest BCUT2D eigenvalue weighted by atomic mass is 10.2. The van der Waals surface area contributed by atoms with Crippen LogP contribution in [0.3, 0.4) is 0 Å². The molecule has 0 saturated carbocycles. The van der Waals surface area contributed by atoms with Gasteiger partial charge in [0.1, 0.15) is 5.75 Å². The van der Waals surface area contributed by atoms with Gasteiger partial charge in [0, 0.05) is 18.7 Å². The fourth-order valence-corrected chi connectivity index (χ4v) is 4.88. The number of ether oxygens (including phenoxy) is 1. The molecule has 2 aromatic carbocycles. The van der Waals surface area contributed by atoms with Gasteiger partial charge in [-0.3, -0.25) is 20.4 Å². The van der Waals surface area contributed by atoms with E-state index in [1.54, 1.807) is 12.1 Å². The van der Waals surface area contributed by atoms with Crippen molar-refractivity contribution < 1.29 is 22.7 Å². The van der Waals surface area contributed by atoms with E-state index in [0.29, 0.717) is 18.8 Å². The third-order valence-corrected chi connectivity index (χ3v) is 6.87. The highest BCUT2D eigenvalue weighted by atomic mass is 32.2. The Morgan fingerprint density at radius 1 is 0.968 bits per heavy atom. The minimum absolute atomic E-state index is 0.0659. The summed E-state index contributed by atoms with van der Waals surface area (Å²) in [6.07, 6.45) is 3.69. The maximum Gasteiger partial charge on any atom is 0.276 e. The number of aryl methyl sites for hydroxylation is 1. The van der Waals surface area contributed by atoms with Crippen molar-refractivity contribution in [3.8, 4) is 5.75 Å². The third-order valence-electron chi connectivity index (χ3n) is 4.97. The zero-order valence-electron chi connectivity index (χ0n) is 17.5. The van der Waals surface area contributed by atoms with Crippen molar-refractivity contribution in [3.63, 3.8) is 0 Å². The Balaban J connectivity index is 1.57. The molecule has 2 aromatic rings. The maximum atomic E-state index is 12.9. The molecule has 1 aliphatic heterocycles. The molecule has 2 N–H and O–H groups in total. The molecule has 1 heterocycles. The van der Waals surface area contributed by atoms with Crippen LogP contribution in [-0.2, 0) is 14.8 Å². The molecule has 1 saturated heterocycles. The normalized spacial score (nSPS) is 15.0. The van der Waals surface area contributed by atoms with Crippen LogP contribution in [0.2, 0.25) is 0 Å². The van der Waals surface area contributed by atoms with Gasteiger partial charge in [0.05, 0.1) is 4.90 Å². The highest BCUT2D eigenvalue weighted by Gasteiger charge is 2.25. The first-order valence-corrected chi connectivity index (χ1v) is 11.7. The number of sulfonamides is 1. The lowest BCUT2D eigenvalue weighted by molar-refractivity contribution is -0.123. The van der Waals surface area contributed by atoms with E-state index in [1.165, 1.54) is 28.6 Å². The highest BCUT2D eigenvalue weighted by Crippen LogP contribution is 2.21. The van der Waals surface area contributed by atoms with Gasteiger partial charge in [-0.15, -0.1) is 0 Å². The number of benzene rings is 2. The van der Waals surface area contributed by atoms with Gasteiger partial charge in [-0.05, 0) is 55.7 Å². The fourth-order valence-electron chi connectivity index (χ4n) is 3.32. The summed E-state index contributed by atoms with van der Waals surface area (Å²) in [6.45, 7) is 2.60. The van der Waals surface area contributed by atoms with Gasteiger partial charge < -0.3 is 4.74 Å². The maximum absolute atomic E-state index is 12.9. The predicted molar refractivity (Wildman–Crippen MR) is 116 cm³/mol. The van der Waals surface area contributed by atoms with Crippen molar-refractivity contribution in [3.05, 3.63) is 59.7 Å². The van der Waals surface area contributed by atoms with E-state index in [1.807, 2.05) is 19.1 Å². The molecule has 31 heavy (non-hydrogen) atoms. The number of carbonyl (C=O) groups excluding carboxylic acids is 2. The first-order valence-electron chi connectivity index (χ1n) is 10.2. The predicted octanol–water partition coefficient (Wildman–Crippen LogP) is 2.40. The summed E-state index contributed by atoms with van der Waals surface area (Å²) >= 11 is 0. The number of hydrogen-bond donors (Lipinski definition) is 2. The Morgan fingerprint density at radius 2 is 1.68 bits per heavy atom. The minimum Gasteiger partial charge on any atom is -0.484 e. The molecule has 1 fully saturated rings. The number of nitrogens with zero attached hydrogens (tertiary/aromatic N) is 1. The molecule has 1 aliphatic rings. The van der Waals surface area contributed by atoms with Crippen molar-refractivity contribution in [2.24, 2.45) is 0 Å². The number of hydrogen-bond acceptors (Lipinski definition) is 5. The molecule has 2 amide bonds. The van der Waals surface area contributed by atoms with Crippen LogP contribution < -0.4 is 15.6 Å². The summed E-state index contributed by atoms with van der Waals surface area (Å²) in [4.78, 5) is 24.4. The largest absolute Gasteiger partial charge is 0.484 e. The molecule has 0 unspecified atom stereocenters. The fraction of sp³-hybridized carbons (Fsp3) is 0.364. The standard InChI is InChI=1S/C22H27N3O5S/c1-17-8-6-10-19(14-17)30-16-21(26)23-24-22(27)18-9-7-11-20(15-18)31(28,29)25-12-4-2-3-5-13-25/h6-11,14-15H,2-5,12-13,16H2,1H3,(H,23,26)(H,24,27). The lowest BCUT2D eigenvalue weighted by Gasteiger charge is -2.20. The summed E-state index contributed by atoms with van der Waals surface area (Å²) in [5.41, 5.74) is 5.70. The van der Waals surface area contributed by atoms with Crippen molar-refractivity contribution in [1.29, 1.82) is 0 Å². The monoisotopic (exact) mass is 445 g/mol. The van der Waals surface area contributed by atoms with Crippen LogP contribution >= 0.6 is 0 Å². The lowest BCUT2D eigenvalue weighted by Crippen LogP contribution is -2.43. The molecular weight excluding hydrogens is 418 g/mol. The number of amides is 2. The second kappa shape index (κ2) is 10.4. The Bertz CT molecular complexity index is 1030. The van der Waals surface area contributed by atoms with Crippen LogP contribution in [-0.4, -0.2) is 44.2 Å². The van der Waals surface area contributed by atoms with E-state index in [2.05, 4.69) is 10.9 Å². The van der Waals surface area contributed by atoms with E-state index >= 15 is 0 Å². The Labute approximate surface area is 182 Å². The average molecular weight is 446 g/mol. The van der Waals surface area contributed by atoms with Crippen molar-refractivity contribution in [1.82, 2.24) is 15.2 Å². The van der Waals surface area contributed by atoms with E-state index in [9.17, 15) is 18.0 Å². The van der Waals surface area contributed by atoms with Gasteiger partial charge in [0.25, 0.3) is 11.8 Å². The second-order valence-corrected chi connectivity index (χ2v) is 9.39. The van der Waals surface area contributed by atoms with Crippen molar-refractivity contribution in [2.45, 2.75) is 37.5 Å². The van der Waals surface area contributed by atoms with E-state index in [0.717, 1.165) is 31.2 Å². The number of rotatable bonds is 6. The average Bonchev–Trinajstić information content (AvgIpc) is 3.06. The number of hydrazine groups is 1. The molecule has 0 atom stereocenters. The second-order valence-electron chi connectivity index (χ2n) is 7.45. The van der Waals surface area contributed by atoms with E-state index in [-0.39, 0.29) is 17.1 Å². The molecule has 166 valence electrons. The van der Waals surface area contributed by atoms with Gasteiger partial charge in [0.2, 0.25) is 10.0 Å². The zero-order valence-corrected chi connectivity index (χ0v) is 18.3. The SMILES string of the molecule is Cc1cccc(OCC(=O)NNC(=O)c2cccc(S(=O)(=O)N3CCCCCC3)c2)c1. The van der Waals surface area contributed by atoms with Crippen LogP contribution in [0.5, 0.6) is 5.75 Å². The summed E-state index contributed by atoms with van der Waals surface area (Å²) in [6, 6.07) is 13.1. The summed E-state index contributed by atoms with van der Waals surface area (Å²) in [5, 5.41) is 0. The summed E-state index contributed by atoms with van der Waals surface area (Å²) in [5.74, 6) is -0.604. The van der Waals surface area contributed by atoms with E-state index < -0.39 is 21.8 Å². The first-order chi connectivity index (χ1) is 14.9. The van der Waals surface area contributed by atoms with Crippen LogP contribution in [0.4, 0.5) is 0 Å². The molecule has 9 heteroatoms. The van der Waals surface area contributed by atoms with E-state index in [4.69, 9.17) is 4.74 Å². The number of carbonyl (C=O) groups is 2. The molecule has 0 spiro atoms. The van der Waals surface area contributed by atoms with Crippen molar-refractivity contribution >= 4 is 21.8 Å². The van der Waals surface area contributed by atoms with Gasteiger partial charge in [-0.25, -0.2) is 8.42 Å². The third kappa shape index (κ3) is 6.28. The summed E-state index contributed by atoms with van der Waals surface area (Å²) < 4.78 is 32.7. The molecule has 0 aromatic heterocycles. The Morgan fingerprint density at radius 3 is 2.39 bits per heavy atom. The highest BCUT2D eigenvalue weighted by molar-refractivity contribution is 7.89. The molecule has 3 rings (SSSR count). The van der Waals surface area contributed by atoms with Gasteiger partial charge in [-0.2, -0.15) is 4.31 Å². The first kappa shape index (κ1) is 22.8. The van der Waals surface area contributed by atoms with Gasteiger partial charge in [0.15, 0.2) is 6.61 Å². The minimum atomic E-state index is -3.67. The quantitative estimate of drug-likeness (QED) is 0.665. The van der Waals surface area contributed by atoms with Crippen LogP contribution in [0.1, 0.15) is 41.6 Å². The van der Waals surface area contributed by atoms with Crippen molar-refractivity contribution in [2.75, 3.05) is 19.7 Å². The van der Waals surface area contributed by atoms with Crippen LogP contribution in [0.25, 0.3) is 0 Å². The summed E-state index contributed by atoms with van der Waals surface area (Å²) in [7, 11) is -3.67.